The summed E-state index contributed by atoms with van der Waals surface area (Å²) in [6.07, 6.45) is 7.70. The number of pyridine rings is 1. The lowest BCUT2D eigenvalue weighted by atomic mass is 9.89. The topological polar surface area (TPSA) is 50.2 Å². The molecule has 0 aliphatic heterocycles. The molecule has 0 amide bonds. The fourth-order valence-corrected chi connectivity index (χ4v) is 4.04. The molecule has 3 heteroatoms. The van der Waals surface area contributed by atoms with Gasteiger partial charge in [0.05, 0.1) is 0 Å². The fraction of sp³-hybridized carbons (Fsp3) is 0.300. The Kier molecular flexibility index (Phi) is 3.29. The van der Waals surface area contributed by atoms with Gasteiger partial charge in [0, 0.05) is 6.20 Å². The molecular weight excluding hydrogens is 286 g/mol. The highest BCUT2D eigenvalue weighted by atomic mass is 16.4. The van der Waals surface area contributed by atoms with Crippen molar-refractivity contribution in [3.63, 3.8) is 0 Å². The summed E-state index contributed by atoms with van der Waals surface area (Å²) in [4.78, 5) is 14.8. The van der Waals surface area contributed by atoms with Gasteiger partial charge in [-0.25, -0.2) is 9.78 Å². The lowest BCUT2D eigenvalue weighted by Crippen LogP contribution is -1.99. The molecule has 116 valence electrons. The molecule has 2 atom stereocenters. The highest BCUT2D eigenvalue weighted by Crippen LogP contribution is 2.53. The summed E-state index contributed by atoms with van der Waals surface area (Å²) in [5.74, 6) is 0.561. The average molecular weight is 305 g/mol. The summed E-state index contributed by atoms with van der Waals surface area (Å²) >= 11 is 0. The maximum absolute atomic E-state index is 10.8. The van der Waals surface area contributed by atoms with Gasteiger partial charge in [0.25, 0.3) is 0 Å². The molecule has 0 spiro atoms. The molecule has 2 aliphatic rings. The molecule has 1 aromatic heterocycles. The predicted octanol–water partition coefficient (Wildman–Crippen LogP) is 4.71. The Balaban J connectivity index is 1.63. The van der Waals surface area contributed by atoms with Crippen LogP contribution >= 0.6 is 0 Å². The standard InChI is InChI=1S/C20H19NO2/c1-12(8-13-2-7-19(20(22)23)21-11-13)14-5-6-17-15-3-4-16(9-15)18(17)10-14/h2,5-8,10-11,15-16H,3-4,9H2,1H3,(H,22,23)/b12-8+. The number of aromatic carboxylic acids is 1. The summed E-state index contributed by atoms with van der Waals surface area (Å²) in [5.41, 5.74) is 6.54. The van der Waals surface area contributed by atoms with Gasteiger partial charge in [-0.15, -0.1) is 0 Å². The van der Waals surface area contributed by atoms with Crippen LogP contribution in [0.25, 0.3) is 11.6 Å². The van der Waals surface area contributed by atoms with Crippen LogP contribution in [0.4, 0.5) is 0 Å². The van der Waals surface area contributed by atoms with Crippen molar-refractivity contribution >= 4 is 17.6 Å². The minimum atomic E-state index is -0.995. The van der Waals surface area contributed by atoms with E-state index >= 15 is 0 Å². The predicted molar refractivity (Wildman–Crippen MR) is 90.5 cm³/mol. The van der Waals surface area contributed by atoms with Gasteiger partial charge < -0.3 is 5.11 Å². The van der Waals surface area contributed by atoms with Crippen molar-refractivity contribution < 1.29 is 9.90 Å². The number of benzene rings is 1. The number of carbonyl (C=O) groups is 1. The van der Waals surface area contributed by atoms with E-state index in [1.54, 1.807) is 29.5 Å². The number of fused-ring (bicyclic) bond motifs is 5. The second-order valence-electron chi connectivity index (χ2n) is 6.66. The molecule has 23 heavy (non-hydrogen) atoms. The maximum atomic E-state index is 10.8. The van der Waals surface area contributed by atoms with Crippen LogP contribution in [-0.4, -0.2) is 16.1 Å². The quantitative estimate of drug-likeness (QED) is 0.893. The second-order valence-corrected chi connectivity index (χ2v) is 6.66. The van der Waals surface area contributed by atoms with Gasteiger partial charge >= 0.3 is 5.97 Å². The van der Waals surface area contributed by atoms with Crippen LogP contribution in [-0.2, 0) is 0 Å². The number of carboxylic acid groups (broad SMARTS) is 1. The first-order valence-electron chi connectivity index (χ1n) is 8.13. The number of rotatable bonds is 3. The Hall–Kier alpha value is -2.42. The van der Waals surface area contributed by atoms with Crippen LogP contribution in [0.5, 0.6) is 0 Å². The number of hydrogen-bond acceptors (Lipinski definition) is 2. The van der Waals surface area contributed by atoms with Gasteiger partial charge in [0.2, 0.25) is 0 Å². The monoisotopic (exact) mass is 305 g/mol. The van der Waals surface area contributed by atoms with Crippen molar-refractivity contribution in [2.75, 3.05) is 0 Å². The van der Waals surface area contributed by atoms with Crippen LogP contribution in [0.2, 0.25) is 0 Å². The van der Waals surface area contributed by atoms with E-state index in [4.69, 9.17) is 5.11 Å². The molecule has 4 rings (SSSR count). The minimum Gasteiger partial charge on any atom is -0.477 e. The molecular formula is C20H19NO2. The molecule has 1 N–H and O–H groups in total. The van der Waals surface area contributed by atoms with E-state index in [9.17, 15) is 4.79 Å². The number of allylic oxidation sites excluding steroid dienone is 1. The van der Waals surface area contributed by atoms with Crippen molar-refractivity contribution in [1.29, 1.82) is 0 Å². The third-order valence-electron chi connectivity index (χ3n) is 5.24. The van der Waals surface area contributed by atoms with Crippen LogP contribution in [0, 0.1) is 0 Å². The summed E-state index contributed by atoms with van der Waals surface area (Å²) in [6.45, 7) is 2.10. The third-order valence-corrected chi connectivity index (χ3v) is 5.24. The molecule has 2 aliphatic carbocycles. The fourth-order valence-electron chi connectivity index (χ4n) is 4.04. The molecule has 1 aromatic carbocycles. The van der Waals surface area contributed by atoms with Crippen molar-refractivity contribution in [2.24, 2.45) is 0 Å². The van der Waals surface area contributed by atoms with Crippen molar-refractivity contribution in [1.82, 2.24) is 4.98 Å². The van der Waals surface area contributed by atoms with Crippen LogP contribution in [0.3, 0.4) is 0 Å². The number of carboxylic acids is 1. The lowest BCUT2D eigenvalue weighted by molar-refractivity contribution is 0.0690. The van der Waals surface area contributed by atoms with Crippen molar-refractivity contribution in [2.45, 2.75) is 38.0 Å². The molecule has 2 aromatic rings. The third kappa shape index (κ3) is 2.46. The Morgan fingerprint density at radius 1 is 1.17 bits per heavy atom. The molecule has 1 heterocycles. The molecule has 3 nitrogen and oxygen atoms in total. The second kappa shape index (κ2) is 5.34. The van der Waals surface area contributed by atoms with Gasteiger partial charge in [0.1, 0.15) is 5.69 Å². The van der Waals surface area contributed by atoms with E-state index in [2.05, 4.69) is 36.2 Å². The Labute approximate surface area is 135 Å². The largest absolute Gasteiger partial charge is 0.477 e. The lowest BCUT2D eigenvalue weighted by Gasteiger charge is -2.16. The van der Waals surface area contributed by atoms with E-state index in [0.29, 0.717) is 0 Å². The van der Waals surface area contributed by atoms with Crippen molar-refractivity contribution in [3.05, 3.63) is 64.5 Å². The Morgan fingerprint density at radius 3 is 2.65 bits per heavy atom. The first kappa shape index (κ1) is 14.2. The van der Waals surface area contributed by atoms with Crippen LogP contribution < -0.4 is 0 Å². The summed E-state index contributed by atoms with van der Waals surface area (Å²) < 4.78 is 0. The van der Waals surface area contributed by atoms with Gasteiger partial charge in [-0.1, -0.05) is 24.3 Å². The number of aromatic nitrogens is 1. The highest BCUT2D eigenvalue weighted by Gasteiger charge is 2.36. The average Bonchev–Trinajstić information content (AvgIpc) is 3.17. The van der Waals surface area contributed by atoms with E-state index in [-0.39, 0.29) is 5.69 Å². The normalized spacial score (nSPS) is 22.2. The van der Waals surface area contributed by atoms with Gasteiger partial charge in [0.15, 0.2) is 0 Å². The molecule has 0 saturated heterocycles. The summed E-state index contributed by atoms with van der Waals surface area (Å²) in [5, 5.41) is 8.90. The van der Waals surface area contributed by atoms with E-state index in [1.165, 1.54) is 30.4 Å². The van der Waals surface area contributed by atoms with E-state index in [0.717, 1.165) is 17.4 Å². The Morgan fingerprint density at radius 2 is 1.96 bits per heavy atom. The molecule has 2 bridgehead atoms. The molecule has 0 radical (unpaired) electrons. The van der Waals surface area contributed by atoms with Gasteiger partial charge in [-0.2, -0.15) is 0 Å². The zero-order valence-corrected chi connectivity index (χ0v) is 13.1. The first-order valence-corrected chi connectivity index (χ1v) is 8.13. The molecule has 1 saturated carbocycles. The van der Waals surface area contributed by atoms with E-state index < -0.39 is 5.97 Å². The maximum Gasteiger partial charge on any atom is 0.354 e. The number of nitrogens with zero attached hydrogens (tertiary/aromatic N) is 1. The van der Waals surface area contributed by atoms with Crippen LogP contribution in [0.1, 0.15) is 70.8 Å². The van der Waals surface area contributed by atoms with Crippen LogP contribution in [0.15, 0.2) is 36.5 Å². The Bertz CT molecular complexity index is 805. The molecule has 1 fully saturated rings. The SMILES string of the molecule is C/C(=C\c1ccc(C(=O)O)nc1)c1ccc2c(c1)C1CCC2C1. The first-order chi connectivity index (χ1) is 11.1. The highest BCUT2D eigenvalue weighted by molar-refractivity contribution is 5.86. The number of hydrogen-bond donors (Lipinski definition) is 1. The minimum absolute atomic E-state index is 0.0772. The van der Waals surface area contributed by atoms with Crippen molar-refractivity contribution in [3.8, 4) is 0 Å². The van der Waals surface area contributed by atoms with Gasteiger partial charge in [-0.3, -0.25) is 0 Å². The smallest absolute Gasteiger partial charge is 0.354 e. The summed E-state index contributed by atoms with van der Waals surface area (Å²) in [7, 11) is 0. The summed E-state index contributed by atoms with van der Waals surface area (Å²) in [6, 6.07) is 10.2. The molecule has 2 unspecified atom stereocenters. The zero-order chi connectivity index (χ0) is 16.0. The van der Waals surface area contributed by atoms with E-state index in [1.807, 2.05) is 0 Å². The van der Waals surface area contributed by atoms with Gasteiger partial charge in [-0.05, 0) is 78.0 Å². The zero-order valence-electron chi connectivity index (χ0n) is 13.1.